The maximum atomic E-state index is 14.9. The minimum Gasteiger partial charge on any atom is -0.489 e. The average Bonchev–Trinajstić information content (AvgIpc) is 2.88. The highest BCUT2D eigenvalue weighted by Gasteiger charge is 2.26. The molecule has 186 valence electrons. The Balaban J connectivity index is 1.41. The minimum atomic E-state index is -0.880. The van der Waals surface area contributed by atoms with Crippen molar-refractivity contribution >= 4 is 0 Å². The van der Waals surface area contributed by atoms with E-state index in [4.69, 9.17) is 4.74 Å². The lowest BCUT2D eigenvalue weighted by atomic mass is 9.77. The van der Waals surface area contributed by atoms with E-state index in [9.17, 15) is 17.6 Å². The monoisotopic (exact) mass is 484 g/mol. The summed E-state index contributed by atoms with van der Waals surface area (Å²) in [6.07, 6.45) is 6.71. The van der Waals surface area contributed by atoms with Gasteiger partial charge in [0, 0.05) is 11.1 Å². The summed E-state index contributed by atoms with van der Waals surface area (Å²) in [6.45, 7) is 3.83. The molecule has 0 unspecified atom stereocenters. The Hall–Kier alpha value is -2.82. The Bertz CT molecular complexity index is 1150. The summed E-state index contributed by atoms with van der Waals surface area (Å²) in [4.78, 5) is 0. The molecule has 0 amide bonds. The molecular weight excluding hydrogens is 452 g/mol. The number of halogens is 4. The van der Waals surface area contributed by atoms with Crippen LogP contribution in [0.5, 0.6) is 5.75 Å². The summed E-state index contributed by atoms with van der Waals surface area (Å²) in [5.41, 5.74) is 1.62. The summed E-state index contributed by atoms with van der Waals surface area (Å²) in [5, 5.41) is 0. The molecule has 0 aromatic heterocycles. The van der Waals surface area contributed by atoms with E-state index in [-0.39, 0.29) is 23.7 Å². The topological polar surface area (TPSA) is 9.23 Å². The predicted molar refractivity (Wildman–Crippen MR) is 131 cm³/mol. The van der Waals surface area contributed by atoms with Crippen molar-refractivity contribution in [2.45, 2.75) is 71.3 Å². The van der Waals surface area contributed by atoms with Crippen LogP contribution in [0.1, 0.15) is 75.0 Å². The number of hydrogen-bond acceptors (Lipinski definition) is 1. The molecule has 0 aliphatic heterocycles. The van der Waals surface area contributed by atoms with E-state index in [1.54, 1.807) is 55.5 Å². The van der Waals surface area contributed by atoms with E-state index < -0.39 is 23.3 Å². The van der Waals surface area contributed by atoms with E-state index in [0.717, 1.165) is 32.1 Å². The molecule has 1 aliphatic rings. The molecular formula is C30H32F4O. The highest BCUT2D eigenvalue weighted by molar-refractivity contribution is 5.65. The van der Waals surface area contributed by atoms with Gasteiger partial charge in [0.2, 0.25) is 0 Å². The van der Waals surface area contributed by atoms with Gasteiger partial charge in [-0.15, -0.1) is 0 Å². The van der Waals surface area contributed by atoms with Gasteiger partial charge in [0.25, 0.3) is 0 Å². The fourth-order valence-corrected chi connectivity index (χ4v) is 5.18. The molecule has 0 heterocycles. The van der Waals surface area contributed by atoms with Crippen LogP contribution in [0.15, 0.2) is 48.5 Å². The number of hydrogen-bond donors (Lipinski definition) is 0. The first-order valence-electron chi connectivity index (χ1n) is 12.6. The lowest BCUT2D eigenvalue weighted by molar-refractivity contribution is 0.292. The SMILES string of the molecule is CCCC1CCC(c2ccc(COc3ccc(-c4ccc(CC)c(F)c4F)cc3)c(F)c2F)CC1. The van der Waals surface area contributed by atoms with E-state index in [2.05, 4.69) is 6.92 Å². The molecule has 5 heteroatoms. The van der Waals surface area contributed by atoms with Crippen molar-refractivity contribution in [2.24, 2.45) is 5.92 Å². The third-order valence-corrected chi connectivity index (χ3v) is 7.28. The molecule has 0 bridgehead atoms. The van der Waals surface area contributed by atoms with Crippen molar-refractivity contribution < 1.29 is 22.3 Å². The molecule has 3 aromatic rings. The highest BCUT2D eigenvalue weighted by Crippen LogP contribution is 2.39. The highest BCUT2D eigenvalue weighted by atomic mass is 19.2. The van der Waals surface area contributed by atoms with Gasteiger partial charge in [0.05, 0.1) is 0 Å². The molecule has 1 fully saturated rings. The van der Waals surface area contributed by atoms with Gasteiger partial charge >= 0.3 is 0 Å². The first-order chi connectivity index (χ1) is 16.9. The molecule has 35 heavy (non-hydrogen) atoms. The van der Waals surface area contributed by atoms with Crippen molar-refractivity contribution in [3.63, 3.8) is 0 Å². The third-order valence-electron chi connectivity index (χ3n) is 7.28. The smallest absolute Gasteiger partial charge is 0.166 e. The lowest BCUT2D eigenvalue weighted by Crippen LogP contribution is -2.15. The summed E-state index contributed by atoms with van der Waals surface area (Å²) in [7, 11) is 0. The second-order valence-electron chi connectivity index (χ2n) is 9.52. The second-order valence-corrected chi connectivity index (χ2v) is 9.52. The van der Waals surface area contributed by atoms with Crippen molar-refractivity contribution in [1.82, 2.24) is 0 Å². The first kappa shape index (κ1) is 25.3. The molecule has 0 atom stereocenters. The number of aryl methyl sites for hydroxylation is 1. The Morgan fingerprint density at radius 1 is 0.714 bits per heavy atom. The van der Waals surface area contributed by atoms with Gasteiger partial charge in [0.15, 0.2) is 23.3 Å². The Morgan fingerprint density at radius 2 is 1.37 bits per heavy atom. The Kier molecular flexibility index (Phi) is 8.15. The van der Waals surface area contributed by atoms with Gasteiger partial charge in [-0.2, -0.15) is 0 Å². The number of ether oxygens (including phenoxy) is 1. The van der Waals surface area contributed by atoms with Crippen LogP contribution < -0.4 is 4.74 Å². The molecule has 1 nitrogen and oxygen atoms in total. The zero-order valence-corrected chi connectivity index (χ0v) is 20.4. The first-order valence-corrected chi connectivity index (χ1v) is 12.6. The summed E-state index contributed by atoms with van der Waals surface area (Å²) in [6, 6.07) is 12.9. The van der Waals surface area contributed by atoms with E-state index >= 15 is 0 Å². The third kappa shape index (κ3) is 5.55. The number of benzene rings is 3. The van der Waals surface area contributed by atoms with Crippen LogP contribution in [0.25, 0.3) is 11.1 Å². The molecule has 1 aliphatic carbocycles. The maximum Gasteiger partial charge on any atom is 0.166 e. The average molecular weight is 485 g/mol. The normalized spacial score (nSPS) is 18.0. The second kappa shape index (κ2) is 11.3. The standard InChI is InChI=1S/C30H32F4O/c1-3-5-19-6-8-21(9-7-19)26-17-13-23(28(32)30(26)34)18-35-24-14-10-22(11-15-24)25-16-12-20(4-2)27(31)29(25)33/h10-17,19,21H,3-9,18H2,1-2H3. The van der Waals surface area contributed by atoms with E-state index in [1.165, 1.54) is 6.42 Å². The molecule has 0 radical (unpaired) electrons. The van der Waals surface area contributed by atoms with Crippen LogP contribution >= 0.6 is 0 Å². The van der Waals surface area contributed by atoms with Gasteiger partial charge in [-0.25, -0.2) is 17.6 Å². The van der Waals surface area contributed by atoms with Gasteiger partial charge in [0.1, 0.15) is 12.4 Å². The Labute approximate surface area is 205 Å². The van der Waals surface area contributed by atoms with Crippen molar-refractivity contribution in [1.29, 1.82) is 0 Å². The van der Waals surface area contributed by atoms with Crippen LogP contribution in [0.2, 0.25) is 0 Å². The number of rotatable bonds is 8. The lowest BCUT2D eigenvalue weighted by Gasteiger charge is -2.29. The summed E-state index contributed by atoms with van der Waals surface area (Å²) in [5.74, 6) is -2.14. The predicted octanol–water partition coefficient (Wildman–Crippen LogP) is 9.13. The van der Waals surface area contributed by atoms with Crippen LogP contribution in [-0.2, 0) is 13.0 Å². The molecule has 0 N–H and O–H groups in total. The molecule has 3 aromatic carbocycles. The fourth-order valence-electron chi connectivity index (χ4n) is 5.18. The fraction of sp³-hybridized carbons (Fsp3) is 0.400. The minimum absolute atomic E-state index is 0.0664. The molecule has 0 spiro atoms. The van der Waals surface area contributed by atoms with Gasteiger partial charge in [-0.3, -0.25) is 0 Å². The van der Waals surface area contributed by atoms with E-state index in [0.29, 0.717) is 34.8 Å². The molecule has 4 rings (SSSR count). The van der Waals surface area contributed by atoms with Crippen LogP contribution in [0, 0.1) is 29.2 Å². The maximum absolute atomic E-state index is 14.9. The molecule has 1 saturated carbocycles. The van der Waals surface area contributed by atoms with Crippen molar-refractivity contribution in [3.05, 3.63) is 88.5 Å². The van der Waals surface area contributed by atoms with Crippen LogP contribution in [0.4, 0.5) is 17.6 Å². The van der Waals surface area contributed by atoms with Crippen molar-refractivity contribution in [3.8, 4) is 16.9 Å². The molecule has 0 saturated heterocycles. The van der Waals surface area contributed by atoms with Gasteiger partial charge < -0.3 is 4.74 Å². The largest absolute Gasteiger partial charge is 0.489 e. The van der Waals surface area contributed by atoms with Crippen LogP contribution in [-0.4, -0.2) is 0 Å². The van der Waals surface area contributed by atoms with Gasteiger partial charge in [-0.1, -0.05) is 63.1 Å². The quantitative estimate of drug-likeness (QED) is 0.290. The van der Waals surface area contributed by atoms with Gasteiger partial charge in [-0.05, 0) is 72.8 Å². The van der Waals surface area contributed by atoms with Crippen molar-refractivity contribution in [2.75, 3.05) is 0 Å². The zero-order valence-electron chi connectivity index (χ0n) is 20.4. The van der Waals surface area contributed by atoms with E-state index in [1.807, 2.05) is 0 Å². The summed E-state index contributed by atoms with van der Waals surface area (Å²) >= 11 is 0. The zero-order chi connectivity index (χ0) is 24.9. The Morgan fingerprint density at radius 3 is 2.03 bits per heavy atom. The van der Waals surface area contributed by atoms with Crippen LogP contribution in [0.3, 0.4) is 0 Å². The summed E-state index contributed by atoms with van der Waals surface area (Å²) < 4.78 is 63.9.